The Hall–Kier alpha value is -3.99. The van der Waals surface area contributed by atoms with Gasteiger partial charge in [0.05, 0.1) is 28.6 Å². The Bertz CT molecular complexity index is 1990. The van der Waals surface area contributed by atoms with E-state index < -0.39 is 10.0 Å². The Morgan fingerprint density at radius 2 is 1.61 bits per heavy atom. The maximum Gasteiger partial charge on any atom is 0.243 e. The predicted molar refractivity (Wildman–Crippen MR) is 184 cm³/mol. The minimum absolute atomic E-state index is 0.211. The molecule has 2 N–H and O–H groups in total. The maximum absolute atomic E-state index is 14.2. The van der Waals surface area contributed by atoms with Crippen molar-refractivity contribution in [1.82, 2.24) is 9.29 Å². The molecule has 0 bridgehead atoms. The van der Waals surface area contributed by atoms with Gasteiger partial charge in [0, 0.05) is 67.0 Å². The van der Waals surface area contributed by atoms with E-state index in [1.165, 1.54) is 16.4 Å². The molecule has 5 rings (SSSR count). The second-order valence-electron chi connectivity index (χ2n) is 11.5. The molecule has 2 aromatic heterocycles. The second-order valence-corrected chi connectivity index (χ2v) is 13.9. The normalized spacial score (nSPS) is 11.8. The Morgan fingerprint density at radius 1 is 0.891 bits per heavy atom. The molecule has 0 atom stereocenters. The van der Waals surface area contributed by atoms with Crippen molar-refractivity contribution in [3.63, 3.8) is 0 Å². The van der Waals surface area contributed by atoms with Crippen LogP contribution in [0.15, 0.2) is 71.6 Å². The lowest BCUT2D eigenvalue weighted by Gasteiger charge is -2.23. The molecule has 0 aliphatic rings. The van der Waals surface area contributed by atoms with E-state index in [4.69, 9.17) is 16.3 Å². The molecular weight excluding hydrogens is 625 g/mol. The zero-order valence-corrected chi connectivity index (χ0v) is 28.4. The SMILES string of the molecule is COc1ccc(S(=O)(=O)N(CCCCNc2cc(C)nc3c(C)cc(F)cc23)CCNc2cc(C)[n+](C)c3ccc(Cl)cc23)cc1. The first kappa shape index (κ1) is 33.4. The molecule has 2 heterocycles. The van der Waals surface area contributed by atoms with Crippen molar-refractivity contribution in [1.29, 1.82) is 0 Å². The number of anilines is 2. The van der Waals surface area contributed by atoms with Crippen molar-refractivity contribution < 1.29 is 22.1 Å². The summed E-state index contributed by atoms with van der Waals surface area (Å²) in [6.07, 6.45) is 1.33. The Labute approximate surface area is 275 Å². The van der Waals surface area contributed by atoms with E-state index in [1.807, 2.05) is 58.2 Å². The third-order valence-electron chi connectivity index (χ3n) is 8.21. The van der Waals surface area contributed by atoms with Crippen molar-refractivity contribution in [2.24, 2.45) is 7.05 Å². The van der Waals surface area contributed by atoms with Crippen molar-refractivity contribution in [2.75, 3.05) is 43.9 Å². The third kappa shape index (κ3) is 7.35. The van der Waals surface area contributed by atoms with E-state index in [9.17, 15) is 12.8 Å². The van der Waals surface area contributed by atoms with E-state index in [-0.39, 0.29) is 17.3 Å². The number of sulfonamides is 1. The van der Waals surface area contributed by atoms with Crippen LogP contribution in [0.1, 0.15) is 29.8 Å². The largest absolute Gasteiger partial charge is 0.497 e. The van der Waals surface area contributed by atoms with Crippen molar-refractivity contribution in [3.05, 3.63) is 94.5 Å². The molecule has 3 aromatic carbocycles. The molecule has 0 saturated heterocycles. The minimum atomic E-state index is -3.79. The summed E-state index contributed by atoms with van der Waals surface area (Å²) in [5.74, 6) is 0.285. The highest BCUT2D eigenvalue weighted by atomic mass is 35.5. The molecule has 0 fully saturated rings. The van der Waals surface area contributed by atoms with Gasteiger partial charge in [-0.15, -0.1) is 0 Å². The average Bonchev–Trinajstić information content (AvgIpc) is 3.02. The number of hydrogen-bond acceptors (Lipinski definition) is 6. The van der Waals surface area contributed by atoms with Crippen LogP contribution in [0.25, 0.3) is 21.8 Å². The number of nitrogens with one attached hydrogen (secondary N) is 2. The minimum Gasteiger partial charge on any atom is -0.497 e. The Kier molecular flexibility index (Phi) is 10.3. The fourth-order valence-electron chi connectivity index (χ4n) is 5.67. The van der Waals surface area contributed by atoms with Gasteiger partial charge in [-0.2, -0.15) is 8.87 Å². The summed E-state index contributed by atoms with van der Waals surface area (Å²) >= 11 is 6.33. The predicted octanol–water partition coefficient (Wildman–Crippen LogP) is 6.93. The summed E-state index contributed by atoms with van der Waals surface area (Å²) in [5, 5.41) is 9.21. The summed E-state index contributed by atoms with van der Waals surface area (Å²) in [5.41, 5.74) is 6.18. The van der Waals surface area contributed by atoms with Crippen molar-refractivity contribution in [2.45, 2.75) is 38.5 Å². The van der Waals surface area contributed by atoms with Gasteiger partial charge in [-0.3, -0.25) is 4.98 Å². The number of halogens is 2. The number of ether oxygens (including phenoxy) is 1. The summed E-state index contributed by atoms with van der Waals surface area (Å²) in [7, 11) is -0.234. The standard InChI is InChI=1S/C35H39ClFN5O3S/c1-23-18-27(37)22-31-32(19-24(2)40-35(23)31)38-14-6-7-16-42(46(43,44)29-11-9-28(45-5)10-12-29)17-15-39-33-20-25(3)41(4)34-13-8-26(36)21-30(33)34/h8-13,18-22H,6-7,14-17H2,1-5H3,(H,38,40)/p+1. The van der Waals surface area contributed by atoms with E-state index in [0.717, 1.165) is 50.1 Å². The second kappa shape index (κ2) is 14.2. The number of aromatic nitrogens is 2. The topological polar surface area (TPSA) is 87.4 Å². The number of rotatable bonds is 13. The highest BCUT2D eigenvalue weighted by Gasteiger charge is 2.24. The quantitative estimate of drug-likeness (QED) is 0.105. The highest BCUT2D eigenvalue weighted by Crippen LogP contribution is 2.28. The van der Waals surface area contributed by atoms with Gasteiger partial charge in [0.15, 0.2) is 5.69 Å². The fourth-order valence-corrected chi connectivity index (χ4v) is 7.32. The summed E-state index contributed by atoms with van der Waals surface area (Å²) in [6.45, 7) is 7.38. The smallest absolute Gasteiger partial charge is 0.243 e. The van der Waals surface area contributed by atoms with E-state index in [0.29, 0.717) is 43.2 Å². The number of pyridine rings is 2. The number of aryl methyl sites for hydroxylation is 4. The molecule has 5 aromatic rings. The molecular formula is C35H40ClFN5O3S+. The van der Waals surface area contributed by atoms with Gasteiger partial charge in [0.2, 0.25) is 15.5 Å². The summed E-state index contributed by atoms with van der Waals surface area (Å²) in [4.78, 5) is 4.80. The van der Waals surface area contributed by atoms with Gasteiger partial charge in [-0.1, -0.05) is 11.6 Å². The number of nitrogens with zero attached hydrogens (tertiary/aromatic N) is 3. The molecule has 0 aliphatic carbocycles. The first-order valence-electron chi connectivity index (χ1n) is 15.3. The first-order chi connectivity index (χ1) is 22.0. The van der Waals surface area contributed by atoms with Crippen LogP contribution in [-0.2, 0) is 17.1 Å². The van der Waals surface area contributed by atoms with E-state index in [1.54, 1.807) is 31.4 Å². The lowest BCUT2D eigenvalue weighted by Crippen LogP contribution is -2.36. The third-order valence-corrected chi connectivity index (χ3v) is 10.4. The zero-order chi connectivity index (χ0) is 33.0. The maximum atomic E-state index is 14.2. The fraction of sp³-hybridized carbons (Fsp3) is 0.314. The van der Waals surface area contributed by atoms with Crippen LogP contribution in [0.5, 0.6) is 5.75 Å². The van der Waals surface area contributed by atoms with Gasteiger partial charge < -0.3 is 15.4 Å². The number of unbranched alkanes of at least 4 members (excludes halogenated alkanes) is 1. The van der Waals surface area contributed by atoms with E-state index >= 15 is 0 Å². The number of hydrogen-bond donors (Lipinski definition) is 2. The van der Waals surface area contributed by atoms with Crippen LogP contribution in [0.4, 0.5) is 15.8 Å². The molecule has 0 radical (unpaired) electrons. The van der Waals surface area contributed by atoms with Crippen molar-refractivity contribution >= 4 is 54.8 Å². The Morgan fingerprint density at radius 3 is 2.35 bits per heavy atom. The molecule has 242 valence electrons. The highest BCUT2D eigenvalue weighted by molar-refractivity contribution is 7.89. The van der Waals surface area contributed by atoms with Crippen LogP contribution in [-0.4, -0.2) is 51.0 Å². The first-order valence-corrected chi connectivity index (χ1v) is 17.1. The van der Waals surface area contributed by atoms with Crippen LogP contribution in [0, 0.1) is 26.6 Å². The van der Waals surface area contributed by atoms with Crippen LogP contribution < -0.4 is 19.9 Å². The lowest BCUT2D eigenvalue weighted by molar-refractivity contribution is -0.651. The molecule has 11 heteroatoms. The van der Waals surface area contributed by atoms with Gasteiger partial charge in [-0.25, -0.2) is 12.8 Å². The molecule has 0 amide bonds. The zero-order valence-electron chi connectivity index (χ0n) is 26.8. The monoisotopic (exact) mass is 664 g/mol. The Balaban J connectivity index is 1.30. The molecule has 8 nitrogen and oxygen atoms in total. The van der Waals surface area contributed by atoms with Gasteiger partial charge in [0.1, 0.15) is 18.6 Å². The average molecular weight is 665 g/mol. The lowest BCUT2D eigenvalue weighted by atomic mass is 10.1. The van der Waals surface area contributed by atoms with Crippen LogP contribution in [0.2, 0.25) is 5.02 Å². The van der Waals surface area contributed by atoms with Crippen LogP contribution >= 0.6 is 11.6 Å². The number of fused-ring (bicyclic) bond motifs is 2. The van der Waals surface area contributed by atoms with Crippen molar-refractivity contribution in [3.8, 4) is 5.75 Å². The molecule has 0 aliphatic heterocycles. The van der Waals surface area contributed by atoms with Gasteiger partial charge >= 0.3 is 0 Å². The van der Waals surface area contributed by atoms with Gasteiger partial charge in [0.25, 0.3) is 0 Å². The molecule has 0 spiro atoms. The molecule has 0 saturated carbocycles. The van der Waals surface area contributed by atoms with E-state index in [2.05, 4.69) is 20.2 Å². The summed E-state index contributed by atoms with van der Waals surface area (Å²) in [6, 6.07) is 19.2. The molecule has 46 heavy (non-hydrogen) atoms. The number of methoxy groups -OCH3 is 1. The summed E-state index contributed by atoms with van der Waals surface area (Å²) < 4.78 is 50.7. The van der Waals surface area contributed by atoms with Crippen LogP contribution in [0.3, 0.4) is 0 Å². The molecule has 0 unspecified atom stereocenters. The number of benzene rings is 3. The van der Waals surface area contributed by atoms with Gasteiger partial charge in [-0.05, 0) is 86.8 Å².